The normalized spacial score (nSPS) is 28.3. The van der Waals surface area contributed by atoms with Gasteiger partial charge < -0.3 is 25.2 Å². The standard InChI is InChI=1S/C12H14N4O7S/c1-24-12-14-8-3(9(20)15-12)13-2-16(8)10-5(18)4(17)7(23-10)6(19)11(21)22/h2,4-7,10,17-19H,1H3,(H,21,22)(H,14,15,20)/t4-,5+,6?,7-,10+/m0/s1. The minimum absolute atomic E-state index is 0.000299. The van der Waals surface area contributed by atoms with Crippen LogP contribution in [0.5, 0.6) is 0 Å². The Kier molecular flexibility index (Phi) is 4.31. The monoisotopic (exact) mass is 358 g/mol. The van der Waals surface area contributed by atoms with Crippen molar-refractivity contribution < 1.29 is 30.0 Å². The number of aliphatic hydroxyl groups is 3. The van der Waals surface area contributed by atoms with E-state index >= 15 is 0 Å². The molecule has 0 saturated carbocycles. The molecule has 1 saturated heterocycles. The quantitative estimate of drug-likeness (QED) is 0.301. The SMILES string of the molecule is CSc1nc2c(ncn2[C@@H]2O[C@H](C(O)C(=O)O)[C@@H](O)[C@H]2O)c(=O)[nH]1. The summed E-state index contributed by atoms with van der Waals surface area (Å²) in [6, 6.07) is 0. The first-order valence-electron chi connectivity index (χ1n) is 6.78. The van der Waals surface area contributed by atoms with Crippen molar-refractivity contribution in [3.05, 3.63) is 16.7 Å². The predicted octanol–water partition coefficient (Wildman–Crippen LogP) is -2.09. The van der Waals surface area contributed by atoms with Gasteiger partial charge in [-0.25, -0.2) is 14.8 Å². The van der Waals surface area contributed by atoms with Crippen molar-refractivity contribution in [1.82, 2.24) is 19.5 Å². The lowest BCUT2D eigenvalue weighted by molar-refractivity contribution is -0.160. The highest BCUT2D eigenvalue weighted by Crippen LogP contribution is 2.32. The minimum atomic E-state index is -2.02. The Hall–Kier alpha value is -1.99. The number of aliphatic hydroxyl groups excluding tert-OH is 3. The number of aliphatic carboxylic acids is 1. The Bertz CT molecular complexity index is 836. The van der Waals surface area contributed by atoms with Gasteiger partial charge in [0.05, 0.1) is 6.33 Å². The fourth-order valence-corrected chi connectivity index (χ4v) is 2.88. The van der Waals surface area contributed by atoms with E-state index in [4.69, 9.17) is 9.84 Å². The molecule has 1 aliphatic rings. The van der Waals surface area contributed by atoms with Crippen LogP contribution in [0.2, 0.25) is 0 Å². The average molecular weight is 358 g/mol. The number of aromatic amines is 1. The third-order valence-corrected chi connectivity index (χ3v) is 4.30. The number of hydrogen-bond acceptors (Lipinski definition) is 9. The smallest absolute Gasteiger partial charge is 0.335 e. The van der Waals surface area contributed by atoms with Gasteiger partial charge in [0.1, 0.15) is 18.3 Å². The maximum atomic E-state index is 11.9. The second-order valence-electron chi connectivity index (χ2n) is 5.15. The zero-order valence-electron chi connectivity index (χ0n) is 12.2. The largest absolute Gasteiger partial charge is 0.479 e. The molecule has 0 amide bonds. The number of carboxylic acids is 1. The first kappa shape index (κ1) is 16.9. The number of ether oxygens (including phenoxy) is 1. The van der Waals surface area contributed by atoms with Crippen molar-refractivity contribution in [3.8, 4) is 0 Å². The van der Waals surface area contributed by atoms with Gasteiger partial charge in [0.2, 0.25) is 0 Å². The highest BCUT2D eigenvalue weighted by molar-refractivity contribution is 7.98. The van der Waals surface area contributed by atoms with E-state index in [2.05, 4.69) is 15.0 Å². The number of hydrogen-bond donors (Lipinski definition) is 5. The number of imidazole rings is 1. The van der Waals surface area contributed by atoms with Crippen molar-refractivity contribution in [3.63, 3.8) is 0 Å². The molecule has 3 heterocycles. The first-order valence-corrected chi connectivity index (χ1v) is 8.01. The number of nitrogens with zero attached hydrogens (tertiary/aromatic N) is 3. The zero-order valence-corrected chi connectivity index (χ0v) is 13.0. The average Bonchev–Trinajstić information content (AvgIpc) is 3.09. The van der Waals surface area contributed by atoms with Gasteiger partial charge in [-0.15, -0.1) is 0 Å². The molecule has 0 aromatic carbocycles. The molecule has 1 unspecified atom stereocenters. The Balaban J connectivity index is 2.03. The fraction of sp³-hybridized carbons (Fsp3) is 0.500. The van der Waals surface area contributed by atoms with E-state index in [1.54, 1.807) is 6.26 Å². The maximum absolute atomic E-state index is 11.9. The molecule has 12 heteroatoms. The maximum Gasteiger partial charge on any atom is 0.335 e. The second-order valence-corrected chi connectivity index (χ2v) is 5.95. The van der Waals surface area contributed by atoms with Gasteiger partial charge in [-0.3, -0.25) is 14.3 Å². The van der Waals surface area contributed by atoms with Crippen LogP contribution in [0.15, 0.2) is 16.3 Å². The Morgan fingerprint density at radius 1 is 1.46 bits per heavy atom. The zero-order chi connectivity index (χ0) is 17.6. The highest BCUT2D eigenvalue weighted by atomic mass is 32.2. The summed E-state index contributed by atoms with van der Waals surface area (Å²) in [7, 11) is 0. The molecule has 130 valence electrons. The number of carboxylic acid groups (broad SMARTS) is 1. The van der Waals surface area contributed by atoms with Crippen molar-refractivity contribution in [2.75, 3.05) is 6.26 Å². The topological polar surface area (TPSA) is 171 Å². The molecule has 2 aromatic heterocycles. The molecule has 2 aromatic rings. The highest BCUT2D eigenvalue weighted by Gasteiger charge is 2.49. The lowest BCUT2D eigenvalue weighted by Gasteiger charge is -2.17. The number of rotatable bonds is 4. The van der Waals surface area contributed by atoms with Gasteiger partial charge in [-0.2, -0.15) is 0 Å². The van der Waals surface area contributed by atoms with E-state index in [9.17, 15) is 24.9 Å². The van der Waals surface area contributed by atoms with Gasteiger partial charge in [-0.1, -0.05) is 11.8 Å². The van der Waals surface area contributed by atoms with Gasteiger partial charge in [0, 0.05) is 0 Å². The predicted molar refractivity (Wildman–Crippen MR) is 79.5 cm³/mol. The number of H-pyrrole nitrogens is 1. The van der Waals surface area contributed by atoms with Gasteiger partial charge in [0.15, 0.2) is 28.7 Å². The molecule has 3 rings (SSSR count). The van der Waals surface area contributed by atoms with E-state index in [0.717, 1.165) is 0 Å². The first-order chi connectivity index (χ1) is 11.3. The van der Waals surface area contributed by atoms with Crippen LogP contribution in [0.4, 0.5) is 0 Å². The molecular weight excluding hydrogens is 344 g/mol. The number of nitrogens with one attached hydrogen (secondary N) is 1. The van der Waals surface area contributed by atoms with Crippen LogP contribution >= 0.6 is 11.8 Å². The van der Waals surface area contributed by atoms with Crippen molar-refractivity contribution in [1.29, 1.82) is 0 Å². The lowest BCUT2D eigenvalue weighted by Crippen LogP contribution is -2.42. The Morgan fingerprint density at radius 3 is 2.79 bits per heavy atom. The van der Waals surface area contributed by atoms with Crippen LogP contribution in [0.3, 0.4) is 0 Å². The molecule has 1 fully saturated rings. The van der Waals surface area contributed by atoms with Crippen LogP contribution in [-0.4, -0.2) is 76.6 Å². The van der Waals surface area contributed by atoms with E-state index in [0.29, 0.717) is 5.16 Å². The van der Waals surface area contributed by atoms with Crippen molar-refractivity contribution >= 4 is 28.9 Å². The molecular formula is C12H14N4O7S. The summed E-state index contributed by atoms with van der Waals surface area (Å²) in [6.07, 6.45) is -5.11. The van der Waals surface area contributed by atoms with Crippen LogP contribution in [0.25, 0.3) is 11.2 Å². The molecule has 11 nitrogen and oxygen atoms in total. The number of aromatic nitrogens is 4. The summed E-state index contributed by atoms with van der Waals surface area (Å²) in [6.45, 7) is 0. The third-order valence-electron chi connectivity index (χ3n) is 3.72. The van der Waals surface area contributed by atoms with Gasteiger partial charge in [-0.05, 0) is 6.26 Å². The molecule has 0 radical (unpaired) electrons. The van der Waals surface area contributed by atoms with E-state index < -0.39 is 42.2 Å². The van der Waals surface area contributed by atoms with E-state index in [1.807, 2.05) is 0 Å². The Labute approximate surface area is 137 Å². The summed E-state index contributed by atoms with van der Waals surface area (Å²) in [5, 5.41) is 38.8. The number of fused-ring (bicyclic) bond motifs is 1. The molecule has 24 heavy (non-hydrogen) atoms. The third kappa shape index (κ3) is 2.57. The summed E-state index contributed by atoms with van der Waals surface area (Å²) < 4.78 is 6.52. The summed E-state index contributed by atoms with van der Waals surface area (Å²) in [5.74, 6) is -1.60. The molecule has 5 atom stereocenters. The van der Waals surface area contributed by atoms with Gasteiger partial charge in [0.25, 0.3) is 5.56 Å². The van der Waals surface area contributed by atoms with E-state index in [-0.39, 0.29) is 11.2 Å². The minimum Gasteiger partial charge on any atom is -0.479 e. The molecule has 1 aliphatic heterocycles. The Morgan fingerprint density at radius 2 is 2.17 bits per heavy atom. The van der Waals surface area contributed by atoms with Crippen molar-refractivity contribution in [2.24, 2.45) is 0 Å². The van der Waals surface area contributed by atoms with Crippen molar-refractivity contribution in [2.45, 2.75) is 35.8 Å². The van der Waals surface area contributed by atoms with Crippen LogP contribution in [0, 0.1) is 0 Å². The summed E-state index contributed by atoms with van der Waals surface area (Å²) in [5.41, 5.74) is -0.386. The van der Waals surface area contributed by atoms with Crippen LogP contribution in [0.1, 0.15) is 6.23 Å². The summed E-state index contributed by atoms with van der Waals surface area (Å²) in [4.78, 5) is 33.4. The van der Waals surface area contributed by atoms with Crippen LogP contribution in [-0.2, 0) is 9.53 Å². The number of thioether (sulfide) groups is 1. The molecule has 5 N–H and O–H groups in total. The number of carbonyl (C=O) groups is 1. The van der Waals surface area contributed by atoms with Crippen LogP contribution < -0.4 is 5.56 Å². The fourth-order valence-electron chi connectivity index (χ4n) is 2.51. The van der Waals surface area contributed by atoms with Gasteiger partial charge >= 0.3 is 5.97 Å². The lowest BCUT2D eigenvalue weighted by atomic mass is 10.1. The summed E-state index contributed by atoms with van der Waals surface area (Å²) >= 11 is 1.18. The second kappa shape index (κ2) is 6.14. The van der Waals surface area contributed by atoms with E-state index in [1.165, 1.54) is 22.7 Å². The molecule has 0 spiro atoms. The molecule has 0 aliphatic carbocycles. The molecule has 0 bridgehead atoms.